The minimum Gasteiger partial charge on any atom is -0.337 e. The molecule has 1 heterocycles. The monoisotopic (exact) mass is 294 g/mol. The zero-order valence-electron chi connectivity index (χ0n) is 10.9. The molecule has 0 radical (unpaired) electrons. The van der Waals surface area contributed by atoms with Crippen LogP contribution in [0.5, 0.6) is 0 Å². The predicted molar refractivity (Wildman–Crippen MR) is 76.3 cm³/mol. The Balaban J connectivity index is 2.27. The number of rotatable bonds is 6. The number of nitro groups is 1. The number of benzene rings is 1. The van der Waals surface area contributed by atoms with E-state index in [-0.39, 0.29) is 17.6 Å². The summed E-state index contributed by atoms with van der Waals surface area (Å²) in [5.74, 6) is 1.36. The lowest BCUT2D eigenvalue weighted by molar-refractivity contribution is -0.384. The molecule has 0 saturated heterocycles. The van der Waals surface area contributed by atoms with E-state index in [1.165, 1.54) is 6.07 Å². The average Bonchev–Trinajstić information content (AvgIpc) is 2.94. The molecule has 0 spiro atoms. The first kappa shape index (κ1) is 14.5. The minimum atomic E-state index is -0.473. The van der Waals surface area contributed by atoms with Crippen molar-refractivity contribution in [3.05, 3.63) is 40.3 Å². The van der Waals surface area contributed by atoms with Gasteiger partial charge in [-0.3, -0.25) is 10.1 Å². The van der Waals surface area contributed by atoms with Crippen LogP contribution in [-0.4, -0.2) is 27.1 Å². The quantitative estimate of drug-likeness (QED) is 0.643. The Bertz CT molecular complexity index is 602. The summed E-state index contributed by atoms with van der Waals surface area (Å²) in [6.45, 7) is 0. The van der Waals surface area contributed by atoms with Gasteiger partial charge in [-0.05, 0) is 24.5 Å². The highest BCUT2D eigenvalue weighted by Crippen LogP contribution is 2.28. The molecule has 20 heavy (non-hydrogen) atoms. The van der Waals surface area contributed by atoms with Crippen LogP contribution in [0.25, 0.3) is 11.4 Å². The van der Waals surface area contributed by atoms with Gasteiger partial charge in [0.2, 0.25) is 11.7 Å². The normalized spacial score (nSPS) is 12.3. The Morgan fingerprint density at radius 1 is 1.50 bits per heavy atom. The lowest BCUT2D eigenvalue weighted by Crippen LogP contribution is -2.11. The van der Waals surface area contributed by atoms with Gasteiger partial charge < -0.3 is 10.3 Å². The maximum absolute atomic E-state index is 11.0. The van der Waals surface area contributed by atoms with Gasteiger partial charge >= 0.3 is 0 Å². The summed E-state index contributed by atoms with van der Waals surface area (Å²) < 4.78 is 5.09. The van der Waals surface area contributed by atoms with Crippen molar-refractivity contribution in [1.82, 2.24) is 10.1 Å². The molecular weight excluding hydrogens is 280 g/mol. The van der Waals surface area contributed by atoms with Gasteiger partial charge in [-0.1, -0.05) is 17.3 Å². The topological polar surface area (TPSA) is 108 Å². The van der Waals surface area contributed by atoms with Gasteiger partial charge in [0.1, 0.15) is 5.56 Å². The van der Waals surface area contributed by atoms with E-state index in [0.29, 0.717) is 17.9 Å². The standard InChI is InChI=1S/C12H14N4O3S/c1-20-7-6-9(13)12-14-11(15-19-12)8-4-2-3-5-10(8)16(17)18/h2-5,9H,6-7,13H2,1H3. The van der Waals surface area contributed by atoms with E-state index in [1.54, 1.807) is 30.0 Å². The fraction of sp³-hybridized carbons (Fsp3) is 0.333. The summed E-state index contributed by atoms with van der Waals surface area (Å²) in [6.07, 6.45) is 2.69. The van der Waals surface area contributed by atoms with Crippen molar-refractivity contribution >= 4 is 17.4 Å². The van der Waals surface area contributed by atoms with Crippen molar-refractivity contribution in [2.75, 3.05) is 12.0 Å². The van der Waals surface area contributed by atoms with E-state index >= 15 is 0 Å². The van der Waals surface area contributed by atoms with Gasteiger partial charge in [0.15, 0.2) is 0 Å². The van der Waals surface area contributed by atoms with Gasteiger partial charge in [-0.15, -0.1) is 0 Å². The number of hydrogen-bond acceptors (Lipinski definition) is 7. The molecule has 8 heteroatoms. The van der Waals surface area contributed by atoms with Crippen LogP contribution in [-0.2, 0) is 0 Å². The third kappa shape index (κ3) is 3.14. The van der Waals surface area contributed by atoms with Crippen LogP contribution < -0.4 is 5.73 Å². The molecule has 0 aliphatic heterocycles. The van der Waals surface area contributed by atoms with Crippen molar-refractivity contribution in [3.8, 4) is 11.4 Å². The second kappa shape index (κ2) is 6.49. The zero-order valence-corrected chi connectivity index (χ0v) is 11.7. The fourth-order valence-corrected chi connectivity index (χ4v) is 2.18. The molecule has 0 amide bonds. The van der Waals surface area contributed by atoms with E-state index in [4.69, 9.17) is 10.3 Å². The van der Waals surface area contributed by atoms with Crippen LogP contribution in [0.3, 0.4) is 0 Å². The molecule has 0 bridgehead atoms. The number of nitro benzene ring substituents is 1. The van der Waals surface area contributed by atoms with Crippen molar-refractivity contribution in [2.45, 2.75) is 12.5 Å². The molecule has 2 rings (SSSR count). The van der Waals surface area contributed by atoms with E-state index in [1.807, 2.05) is 6.26 Å². The van der Waals surface area contributed by atoms with Crippen LogP contribution in [0.15, 0.2) is 28.8 Å². The molecule has 1 atom stereocenters. The average molecular weight is 294 g/mol. The summed E-state index contributed by atoms with van der Waals surface area (Å²) in [6, 6.07) is 5.91. The number of aromatic nitrogens is 2. The van der Waals surface area contributed by atoms with Crippen LogP contribution in [0.2, 0.25) is 0 Å². The first-order valence-corrected chi connectivity index (χ1v) is 7.34. The Hall–Kier alpha value is -1.93. The van der Waals surface area contributed by atoms with Crippen LogP contribution >= 0.6 is 11.8 Å². The number of thioether (sulfide) groups is 1. The summed E-state index contributed by atoms with van der Waals surface area (Å²) >= 11 is 1.68. The van der Waals surface area contributed by atoms with E-state index in [0.717, 1.165) is 5.75 Å². The molecule has 1 aromatic heterocycles. The number of para-hydroxylation sites is 1. The van der Waals surface area contributed by atoms with E-state index in [2.05, 4.69) is 10.1 Å². The number of nitrogens with two attached hydrogens (primary N) is 1. The van der Waals surface area contributed by atoms with Gasteiger partial charge in [-0.2, -0.15) is 16.7 Å². The first-order chi connectivity index (χ1) is 9.63. The van der Waals surface area contributed by atoms with Crippen molar-refractivity contribution in [3.63, 3.8) is 0 Å². The largest absolute Gasteiger partial charge is 0.337 e. The molecule has 0 fully saturated rings. The summed E-state index contributed by atoms with van der Waals surface area (Å²) in [4.78, 5) is 14.7. The number of hydrogen-bond donors (Lipinski definition) is 1. The lowest BCUT2D eigenvalue weighted by atomic mass is 10.1. The number of nitrogens with zero attached hydrogens (tertiary/aromatic N) is 3. The highest BCUT2D eigenvalue weighted by molar-refractivity contribution is 7.98. The second-order valence-electron chi connectivity index (χ2n) is 4.12. The fourth-order valence-electron chi connectivity index (χ4n) is 1.69. The molecule has 2 N–H and O–H groups in total. The Morgan fingerprint density at radius 3 is 2.95 bits per heavy atom. The molecule has 2 aromatic rings. The molecule has 0 saturated carbocycles. The zero-order chi connectivity index (χ0) is 14.5. The molecule has 106 valence electrons. The molecule has 1 aromatic carbocycles. The Labute approximate surface area is 119 Å². The van der Waals surface area contributed by atoms with Gasteiger partial charge in [0, 0.05) is 6.07 Å². The van der Waals surface area contributed by atoms with Gasteiger partial charge in [0.05, 0.1) is 11.0 Å². The van der Waals surface area contributed by atoms with Crippen LogP contribution in [0, 0.1) is 10.1 Å². The van der Waals surface area contributed by atoms with Crippen molar-refractivity contribution < 1.29 is 9.45 Å². The van der Waals surface area contributed by atoms with E-state index < -0.39 is 4.92 Å². The summed E-state index contributed by atoms with van der Waals surface area (Å²) in [5.41, 5.74) is 6.19. The van der Waals surface area contributed by atoms with E-state index in [9.17, 15) is 10.1 Å². The second-order valence-corrected chi connectivity index (χ2v) is 5.10. The maximum atomic E-state index is 11.0. The molecular formula is C12H14N4O3S. The van der Waals surface area contributed by atoms with Crippen LogP contribution in [0.1, 0.15) is 18.4 Å². The Kier molecular flexibility index (Phi) is 4.70. The van der Waals surface area contributed by atoms with Gasteiger partial charge in [0.25, 0.3) is 5.69 Å². The molecule has 0 aliphatic carbocycles. The maximum Gasteiger partial charge on any atom is 0.280 e. The molecule has 7 nitrogen and oxygen atoms in total. The van der Waals surface area contributed by atoms with Crippen molar-refractivity contribution in [2.24, 2.45) is 5.73 Å². The van der Waals surface area contributed by atoms with Crippen LogP contribution in [0.4, 0.5) is 5.69 Å². The summed E-state index contributed by atoms with van der Waals surface area (Å²) in [7, 11) is 0. The minimum absolute atomic E-state index is 0.0578. The predicted octanol–water partition coefficient (Wildman–Crippen LogP) is 2.40. The van der Waals surface area contributed by atoms with Gasteiger partial charge in [-0.25, -0.2) is 0 Å². The van der Waals surface area contributed by atoms with Crippen molar-refractivity contribution in [1.29, 1.82) is 0 Å². The molecule has 1 unspecified atom stereocenters. The molecule has 0 aliphatic rings. The smallest absolute Gasteiger partial charge is 0.280 e. The summed E-state index contributed by atoms with van der Waals surface area (Å²) in [5, 5.41) is 14.8. The third-order valence-corrected chi connectivity index (χ3v) is 3.38. The first-order valence-electron chi connectivity index (χ1n) is 5.95. The Morgan fingerprint density at radius 2 is 2.25 bits per heavy atom. The highest BCUT2D eigenvalue weighted by Gasteiger charge is 2.21. The lowest BCUT2D eigenvalue weighted by Gasteiger charge is -2.03. The third-order valence-electron chi connectivity index (χ3n) is 2.73. The highest BCUT2D eigenvalue weighted by atomic mass is 32.2. The SMILES string of the molecule is CSCCC(N)c1nc(-c2ccccc2[N+](=O)[O-])no1.